The monoisotopic (exact) mass is 353 g/mol. The van der Waals surface area contributed by atoms with Gasteiger partial charge in [0.1, 0.15) is 11.4 Å². The molecule has 1 saturated carbocycles. The minimum absolute atomic E-state index is 0.0751. The van der Waals surface area contributed by atoms with Gasteiger partial charge >= 0.3 is 0 Å². The first kappa shape index (κ1) is 18.8. The van der Waals surface area contributed by atoms with Crippen LogP contribution in [-0.4, -0.2) is 30.6 Å². The maximum Gasteiger partial charge on any atom is 0.126 e. The molecule has 1 fully saturated rings. The normalized spacial score (nSPS) is 25.0. The average molecular weight is 353 g/mol. The first-order valence-electron chi connectivity index (χ1n) is 9.31. The standard InChI is InChI=1S/C23H28FNO/c1-17-14-20(12-13-22(17)24)23(26)19(15-18-8-5-4-6-9-18)10-7-11-21(23)16-25(2)3/h4-6,8-9,12-15,21,26H,7,10-11,16H2,1-3H3/b19-15-. The van der Waals surface area contributed by atoms with E-state index in [2.05, 4.69) is 23.1 Å². The van der Waals surface area contributed by atoms with Gasteiger partial charge in [-0.3, -0.25) is 0 Å². The van der Waals surface area contributed by atoms with Gasteiger partial charge in [-0.25, -0.2) is 4.39 Å². The SMILES string of the molecule is Cc1cc(C2(O)/C(=C\c3ccccc3)CCCC2CN(C)C)ccc1F. The van der Waals surface area contributed by atoms with E-state index in [0.717, 1.165) is 42.5 Å². The Labute approximate surface area is 156 Å². The second-order valence-electron chi connectivity index (χ2n) is 7.66. The molecule has 0 amide bonds. The molecule has 2 aromatic rings. The maximum absolute atomic E-state index is 13.8. The van der Waals surface area contributed by atoms with Gasteiger partial charge in [-0.15, -0.1) is 0 Å². The Morgan fingerprint density at radius 1 is 1.19 bits per heavy atom. The van der Waals surface area contributed by atoms with Crippen molar-refractivity contribution in [2.45, 2.75) is 31.8 Å². The van der Waals surface area contributed by atoms with Crippen molar-refractivity contribution in [2.75, 3.05) is 20.6 Å². The van der Waals surface area contributed by atoms with Crippen LogP contribution in [0.25, 0.3) is 6.08 Å². The van der Waals surface area contributed by atoms with Gasteiger partial charge in [0.2, 0.25) is 0 Å². The summed E-state index contributed by atoms with van der Waals surface area (Å²) in [4.78, 5) is 2.12. The molecule has 0 radical (unpaired) electrons. The number of benzene rings is 2. The molecule has 0 bridgehead atoms. The van der Waals surface area contributed by atoms with Crippen molar-refractivity contribution in [2.24, 2.45) is 5.92 Å². The van der Waals surface area contributed by atoms with Crippen LogP contribution in [0.1, 0.15) is 36.0 Å². The highest BCUT2D eigenvalue weighted by molar-refractivity contribution is 5.57. The van der Waals surface area contributed by atoms with Crippen LogP contribution in [0.3, 0.4) is 0 Å². The Balaban J connectivity index is 2.12. The second kappa shape index (κ2) is 7.73. The highest BCUT2D eigenvalue weighted by Crippen LogP contribution is 2.46. The summed E-state index contributed by atoms with van der Waals surface area (Å²) in [5.74, 6) is -0.156. The molecular weight excluding hydrogens is 325 g/mol. The molecule has 0 aromatic heterocycles. The van der Waals surface area contributed by atoms with Crippen molar-refractivity contribution in [3.05, 3.63) is 76.6 Å². The minimum Gasteiger partial charge on any atom is -0.380 e. The Morgan fingerprint density at radius 3 is 2.58 bits per heavy atom. The maximum atomic E-state index is 13.8. The molecule has 0 spiro atoms. The highest BCUT2D eigenvalue weighted by Gasteiger charge is 2.44. The van der Waals surface area contributed by atoms with Crippen LogP contribution in [0.2, 0.25) is 0 Å². The van der Waals surface area contributed by atoms with E-state index in [4.69, 9.17) is 0 Å². The van der Waals surface area contributed by atoms with E-state index in [9.17, 15) is 9.50 Å². The van der Waals surface area contributed by atoms with Gasteiger partial charge in [0, 0.05) is 12.5 Å². The summed E-state index contributed by atoms with van der Waals surface area (Å²) in [6, 6.07) is 15.1. The van der Waals surface area contributed by atoms with Crippen molar-refractivity contribution < 1.29 is 9.50 Å². The van der Waals surface area contributed by atoms with Crippen LogP contribution in [-0.2, 0) is 5.60 Å². The molecule has 3 heteroatoms. The summed E-state index contributed by atoms with van der Waals surface area (Å²) in [7, 11) is 4.07. The molecule has 2 unspecified atom stereocenters. The van der Waals surface area contributed by atoms with E-state index in [0.29, 0.717) is 5.56 Å². The van der Waals surface area contributed by atoms with Crippen LogP contribution in [0.15, 0.2) is 54.1 Å². The quantitative estimate of drug-likeness (QED) is 0.856. The molecule has 1 aliphatic carbocycles. The van der Waals surface area contributed by atoms with Crippen LogP contribution in [0, 0.1) is 18.7 Å². The number of halogens is 1. The Morgan fingerprint density at radius 2 is 1.92 bits per heavy atom. The number of aliphatic hydroxyl groups is 1. The average Bonchev–Trinajstić information content (AvgIpc) is 2.61. The van der Waals surface area contributed by atoms with Crippen molar-refractivity contribution in [1.29, 1.82) is 0 Å². The number of hydrogen-bond acceptors (Lipinski definition) is 2. The Kier molecular flexibility index (Phi) is 5.59. The molecule has 26 heavy (non-hydrogen) atoms. The third kappa shape index (κ3) is 3.74. The predicted octanol–water partition coefficient (Wildman–Crippen LogP) is 4.77. The topological polar surface area (TPSA) is 23.5 Å². The van der Waals surface area contributed by atoms with Gasteiger partial charge in [0.15, 0.2) is 0 Å². The van der Waals surface area contributed by atoms with E-state index >= 15 is 0 Å². The van der Waals surface area contributed by atoms with Crippen molar-refractivity contribution in [3.63, 3.8) is 0 Å². The molecule has 138 valence electrons. The molecule has 1 N–H and O–H groups in total. The van der Waals surface area contributed by atoms with E-state index < -0.39 is 5.60 Å². The Bertz CT molecular complexity index is 784. The van der Waals surface area contributed by atoms with Crippen molar-refractivity contribution in [3.8, 4) is 0 Å². The largest absolute Gasteiger partial charge is 0.380 e. The third-order valence-corrected chi connectivity index (χ3v) is 5.40. The van der Waals surface area contributed by atoms with Crippen LogP contribution in [0.5, 0.6) is 0 Å². The van der Waals surface area contributed by atoms with Gasteiger partial charge < -0.3 is 10.0 Å². The molecule has 3 rings (SSSR count). The molecule has 0 saturated heterocycles. The molecular formula is C23H28FNO. The lowest BCUT2D eigenvalue weighted by Gasteiger charge is -2.44. The van der Waals surface area contributed by atoms with Gasteiger partial charge in [-0.2, -0.15) is 0 Å². The summed E-state index contributed by atoms with van der Waals surface area (Å²) < 4.78 is 13.8. The summed E-state index contributed by atoms with van der Waals surface area (Å²) in [6.45, 7) is 2.55. The summed E-state index contributed by atoms with van der Waals surface area (Å²) in [5, 5.41) is 12.0. The fourth-order valence-electron chi connectivity index (χ4n) is 4.10. The van der Waals surface area contributed by atoms with Crippen molar-refractivity contribution in [1.82, 2.24) is 4.90 Å². The van der Waals surface area contributed by atoms with Crippen LogP contribution in [0.4, 0.5) is 4.39 Å². The van der Waals surface area contributed by atoms with Crippen LogP contribution >= 0.6 is 0 Å². The van der Waals surface area contributed by atoms with Crippen LogP contribution < -0.4 is 0 Å². The molecule has 0 heterocycles. The molecule has 0 aliphatic heterocycles. The third-order valence-electron chi connectivity index (χ3n) is 5.40. The molecule has 1 aliphatic rings. The van der Waals surface area contributed by atoms with Gasteiger partial charge in [0.25, 0.3) is 0 Å². The first-order chi connectivity index (χ1) is 12.4. The lowest BCUT2D eigenvalue weighted by Crippen LogP contribution is -2.44. The Hall–Kier alpha value is -1.97. The lowest BCUT2D eigenvalue weighted by atomic mass is 9.67. The number of nitrogens with zero attached hydrogens (tertiary/aromatic N) is 1. The number of aryl methyl sites for hydroxylation is 1. The smallest absolute Gasteiger partial charge is 0.126 e. The zero-order valence-electron chi connectivity index (χ0n) is 15.9. The summed E-state index contributed by atoms with van der Waals surface area (Å²) in [6.07, 6.45) is 4.98. The molecule has 2 nitrogen and oxygen atoms in total. The zero-order valence-corrected chi connectivity index (χ0v) is 15.9. The summed E-state index contributed by atoms with van der Waals surface area (Å²) in [5.41, 5.74) is 2.41. The lowest BCUT2D eigenvalue weighted by molar-refractivity contribution is -0.0175. The number of rotatable bonds is 4. The minimum atomic E-state index is -1.07. The fourth-order valence-corrected chi connectivity index (χ4v) is 4.10. The summed E-state index contributed by atoms with van der Waals surface area (Å²) >= 11 is 0. The van der Waals surface area contributed by atoms with Crippen molar-refractivity contribution >= 4 is 6.08 Å². The molecule has 2 atom stereocenters. The predicted molar refractivity (Wildman–Crippen MR) is 105 cm³/mol. The van der Waals surface area contributed by atoms with E-state index in [1.165, 1.54) is 6.07 Å². The first-order valence-corrected chi connectivity index (χ1v) is 9.31. The van der Waals surface area contributed by atoms with Gasteiger partial charge in [-0.05, 0) is 74.7 Å². The second-order valence-corrected chi connectivity index (χ2v) is 7.66. The fraction of sp³-hybridized carbons (Fsp3) is 0.391. The highest BCUT2D eigenvalue weighted by atomic mass is 19.1. The van der Waals surface area contributed by atoms with E-state index in [1.54, 1.807) is 13.0 Å². The van der Waals surface area contributed by atoms with E-state index in [-0.39, 0.29) is 11.7 Å². The molecule has 2 aromatic carbocycles. The van der Waals surface area contributed by atoms with Gasteiger partial charge in [-0.1, -0.05) is 42.5 Å². The van der Waals surface area contributed by atoms with E-state index in [1.807, 2.05) is 38.4 Å². The number of hydrogen-bond donors (Lipinski definition) is 1. The van der Waals surface area contributed by atoms with Gasteiger partial charge in [0.05, 0.1) is 0 Å². The zero-order chi connectivity index (χ0) is 18.7.